The summed E-state index contributed by atoms with van der Waals surface area (Å²) in [4.78, 5) is 68.5. The second-order valence-corrected chi connectivity index (χ2v) is 46.4. The van der Waals surface area contributed by atoms with Crippen molar-refractivity contribution < 1.29 is 61.2 Å². The van der Waals surface area contributed by atoms with Crippen LogP contribution in [0.1, 0.15) is 248 Å². The van der Waals surface area contributed by atoms with Crippen molar-refractivity contribution in [3.63, 3.8) is 0 Å². The monoisotopic (exact) mass is 2220 g/mol. The van der Waals surface area contributed by atoms with Crippen LogP contribution >= 0.6 is 89.9 Å². The van der Waals surface area contributed by atoms with Crippen molar-refractivity contribution >= 4 is 184 Å². The van der Waals surface area contributed by atoms with Crippen LogP contribution in [-0.4, -0.2) is 68.5 Å². The summed E-state index contributed by atoms with van der Waals surface area (Å²) >= 11 is 38.3. The molecular weight excluding hydrogens is 2100 g/mol. The minimum absolute atomic E-state index is 0.0181. The van der Waals surface area contributed by atoms with Crippen LogP contribution in [-0.2, 0) is 54.1 Å². The molecule has 2 heterocycles. The Labute approximate surface area is 915 Å². The molecule has 0 spiro atoms. The summed E-state index contributed by atoms with van der Waals surface area (Å²) in [5.74, 6) is 0.477. The summed E-state index contributed by atoms with van der Waals surface area (Å²) in [6, 6.07) is 77.5. The number of ether oxygens (including phenoxy) is 6. The standard InChI is InChI=1S/C30H29F2NO3.C25H24ClNO2.2C24H24BrClO2.C24H24Cl2O2/c1-16-14-20-15-19(29(31)32)6-7-21(20)26(24(16)28(17(2)34)36-30(3,4)5)22-8-9-23-25-18(11-13-35-23)10-12-33-27(22)25;1-15-21(14-27)19-8-6-7-9-20(19)23(17-10-12-18(26)13-11-17)22(15)24(16(2)28)29-25(3,4)5;2*1-14-20(23(15(2)27)28-24(3,4)5)21(16-10-12-17(26)13-11-16)18-8-6-7-9-19(18)22(14)25;1-14-12-17-8-11-19(26)13-20(17)22(16-6-9-18(25)10-7-16)21(14)23(15(2)27)28-24(3,4)5/h6-10,12,14-15,28-29H,11,13H2,1-5H3;6-13,24H,1-5H3;3*6-13,23H,1-5H3/t28-;;2*23-;/m1.10./s1. The lowest BCUT2D eigenvalue weighted by Gasteiger charge is -2.30. The van der Waals surface area contributed by atoms with Gasteiger partial charge in [-0.3, -0.25) is 29.0 Å². The van der Waals surface area contributed by atoms with Crippen LogP contribution in [0.15, 0.2) is 252 Å². The first kappa shape index (κ1) is 115. The lowest BCUT2D eigenvalue weighted by molar-refractivity contribution is -0.139. The molecule has 22 heteroatoms. The van der Waals surface area contributed by atoms with Gasteiger partial charge in [-0.2, -0.15) is 5.26 Å². The average molecular weight is 2230 g/mol. The SMILES string of the molecule is CC(=O)C(OC(C)(C)C)c1c(C)c(C#N)c2ccccc2c1-c1ccc(Cl)cc1.CC(=O)C(OC(C)(C)C)c1c(C)cc2ccc(Cl)cc2c1-c1ccc(Cl)cc1.CC(=O)[C@@H](OC(C)(C)C)c1c(C)c(Br)c2ccccc2c1-c1ccc(Cl)cc1.CC(=O)[C@@H](OC(C)(C)C)c1c(C)cc2cc(C(F)F)ccc2c1-c1ccc2c3c(ccnc13)CCO2.CC(=O)[C@H](OC(C)(C)C)c1c(C)c(Br)c2ccccc2c1-c1ccc(Cl)cc1. The summed E-state index contributed by atoms with van der Waals surface area (Å²) in [7, 11) is 0. The first-order valence-corrected chi connectivity index (χ1v) is 52.9. The molecule has 1 aliphatic rings. The van der Waals surface area contributed by atoms with Crippen molar-refractivity contribution in [2.75, 3.05) is 6.61 Å². The van der Waals surface area contributed by atoms with Gasteiger partial charge in [0.25, 0.3) is 6.43 Å². The van der Waals surface area contributed by atoms with E-state index in [0.29, 0.717) is 42.7 Å². The number of ketones is 5. The lowest BCUT2D eigenvalue weighted by atomic mass is 9.83. The highest BCUT2D eigenvalue weighted by Gasteiger charge is 2.38. The Hall–Kier alpha value is -11.3. The third-order valence-corrected chi connectivity index (χ3v) is 28.7. The van der Waals surface area contributed by atoms with Gasteiger partial charge in [0.15, 0.2) is 28.9 Å². The Morgan fingerprint density at radius 2 is 0.691 bits per heavy atom. The minimum atomic E-state index is -2.58. The number of aryl methyl sites for hydroxylation is 2. The summed E-state index contributed by atoms with van der Waals surface area (Å²) < 4.78 is 66.3. The molecule has 1 aromatic heterocycles. The molecule has 16 aromatic rings. The molecule has 1 aliphatic heterocycles. The van der Waals surface area contributed by atoms with E-state index in [1.54, 1.807) is 33.0 Å². The smallest absolute Gasteiger partial charge is 0.263 e. The van der Waals surface area contributed by atoms with E-state index in [1.807, 2.05) is 327 Å². The van der Waals surface area contributed by atoms with E-state index in [4.69, 9.17) is 91.4 Å². The van der Waals surface area contributed by atoms with E-state index >= 15 is 0 Å². The fraction of sp³-hybridized carbons (Fsp3) is 0.299. The molecule has 5 atom stereocenters. The van der Waals surface area contributed by atoms with Gasteiger partial charge in [0.2, 0.25) is 0 Å². The zero-order chi connectivity index (χ0) is 109. The molecule has 13 nitrogen and oxygen atoms in total. The molecule has 149 heavy (non-hydrogen) atoms. The molecule has 17 rings (SSSR count). The van der Waals surface area contributed by atoms with E-state index in [2.05, 4.69) is 68.3 Å². The molecule has 0 radical (unpaired) electrons. The van der Waals surface area contributed by atoms with Crippen LogP contribution in [0.5, 0.6) is 5.75 Å². The number of nitriles is 1. The zero-order valence-corrected chi connectivity index (χ0v) is 95.7. The predicted octanol–water partition coefficient (Wildman–Crippen LogP) is 37.4. The topological polar surface area (TPSA) is 177 Å². The van der Waals surface area contributed by atoms with Crippen molar-refractivity contribution in [3.8, 4) is 67.5 Å². The molecule has 0 saturated carbocycles. The molecule has 15 aromatic carbocycles. The predicted molar refractivity (Wildman–Crippen MR) is 617 cm³/mol. The van der Waals surface area contributed by atoms with Gasteiger partial charge >= 0.3 is 0 Å². The largest absolute Gasteiger partial charge is 0.493 e. The summed E-state index contributed by atoms with van der Waals surface area (Å²) in [6.07, 6.45) is -3.62. The van der Waals surface area contributed by atoms with Crippen LogP contribution in [0, 0.1) is 45.9 Å². The fourth-order valence-electron chi connectivity index (χ4n) is 19.3. The second-order valence-electron chi connectivity index (χ2n) is 42.6. The highest BCUT2D eigenvalue weighted by atomic mass is 79.9. The Morgan fingerprint density at radius 3 is 1.05 bits per heavy atom. The Bertz CT molecular complexity index is 7620. The van der Waals surface area contributed by atoms with E-state index in [9.17, 15) is 38.0 Å². The van der Waals surface area contributed by atoms with Gasteiger partial charge < -0.3 is 28.4 Å². The fourth-order valence-corrected chi connectivity index (χ4v) is 21.1. The summed E-state index contributed by atoms with van der Waals surface area (Å²) in [5.41, 5.74) is 18.0. The number of carbonyl (C=O) groups is 5. The first-order chi connectivity index (χ1) is 69.9. The Kier molecular flexibility index (Phi) is 36.5. The third-order valence-electron chi connectivity index (χ3n) is 25.4. The summed E-state index contributed by atoms with van der Waals surface area (Å²) in [6.45, 7) is 47.5. The van der Waals surface area contributed by atoms with Crippen molar-refractivity contribution in [1.29, 1.82) is 5.26 Å². The molecule has 0 N–H and O–H groups in total. The molecule has 0 saturated heterocycles. The molecule has 0 amide bonds. The maximum absolute atomic E-state index is 13.6. The van der Waals surface area contributed by atoms with Crippen LogP contribution in [0.2, 0.25) is 25.1 Å². The first-order valence-electron chi connectivity index (χ1n) is 49.4. The second kappa shape index (κ2) is 47.3. The highest BCUT2D eigenvalue weighted by Crippen LogP contribution is 2.52. The van der Waals surface area contributed by atoms with E-state index in [-0.39, 0.29) is 34.5 Å². The number of nitrogens with zero attached hydrogens (tertiary/aromatic N) is 2. The van der Waals surface area contributed by atoms with Crippen LogP contribution < -0.4 is 4.74 Å². The van der Waals surface area contributed by atoms with Crippen LogP contribution in [0.3, 0.4) is 0 Å². The number of alkyl halides is 2. The third kappa shape index (κ3) is 26.9. The lowest BCUT2D eigenvalue weighted by Crippen LogP contribution is -2.27. The number of aromatic nitrogens is 1. The van der Waals surface area contributed by atoms with E-state index in [1.165, 1.54) is 26.0 Å². The Morgan fingerprint density at radius 1 is 0.362 bits per heavy atom. The van der Waals surface area contributed by atoms with Gasteiger partial charge in [-0.1, -0.05) is 210 Å². The van der Waals surface area contributed by atoms with Crippen molar-refractivity contribution in [3.05, 3.63) is 349 Å². The molecule has 2 unspecified atom stereocenters. The van der Waals surface area contributed by atoms with Crippen molar-refractivity contribution in [2.24, 2.45) is 0 Å². The number of carbonyl (C=O) groups excluding carboxylic acids is 5. The number of halogens is 9. The number of hydrogen-bond acceptors (Lipinski definition) is 13. The van der Waals surface area contributed by atoms with E-state index < -0.39 is 65.0 Å². The molecule has 772 valence electrons. The van der Waals surface area contributed by atoms with Crippen LogP contribution in [0.25, 0.3) is 120 Å². The number of benzene rings is 15. The van der Waals surface area contributed by atoms with E-state index in [0.717, 1.165) is 197 Å². The van der Waals surface area contributed by atoms with Crippen molar-refractivity contribution in [1.82, 2.24) is 4.98 Å². The Balaban J connectivity index is 0.000000156. The molecule has 0 aliphatic carbocycles. The molecule has 0 bridgehead atoms. The van der Waals surface area contributed by atoms with Gasteiger partial charge in [0.1, 0.15) is 42.3 Å². The number of Topliss-reactive ketones (excluding diaryl/α,β-unsaturated/α-hetero) is 5. The van der Waals surface area contributed by atoms with Gasteiger partial charge in [0, 0.05) is 85.3 Å². The van der Waals surface area contributed by atoms with Crippen LogP contribution in [0.4, 0.5) is 8.78 Å². The van der Waals surface area contributed by atoms with Crippen molar-refractivity contribution in [2.45, 2.75) is 244 Å². The maximum Gasteiger partial charge on any atom is 0.263 e. The van der Waals surface area contributed by atoms with Gasteiger partial charge in [-0.05, 0) is 433 Å². The molecular formula is C127H125Br2Cl5F2N2O11. The number of fused-ring (bicyclic) bond motifs is 5. The average Bonchev–Trinajstić information content (AvgIpc) is 0.735. The zero-order valence-electron chi connectivity index (χ0n) is 88.8. The quantitative estimate of drug-likeness (QED) is 0.0664. The normalized spacial score (nSPS) is 13.2. The molecule has 0 fully saturated rings. The number of hydrogen-bond donors (Lipinski definition) is 0. The number of rotatable bonds is 21. The summed E-state index contributed by atoms with van der Waals surface area (Å²) in [5, 5.41) is 23.8. The minimum Gasteiger partial charge on any atom is -0.493 e. The van der Waals surface area contributed by atoms with Gasteiger partial charge in [0.05, 0.1) is 45.7 Å². The van der Waals surface area contributed by atoms with Gasteiger partial charge in [-0.25, -0.2) is 8.78 Å². The van der Waals surface area contributed by atoms with Gasteiger partial charge in [-0.15, -0.1) is 0 Å². The highest BCUT2D eigenvalue weighted by molar-refractivity contribution is 9.11. The number of pyridine rings is 1. The maximum atomic E-state index is 13.6.